The van der Waals surface area contributed by atoms with Gasteiger partial charge >= 0.3 is 0 Å². The Morgan fingerprint density at radius 1 is 1.38 bits per heavy atom. The van der Waals surface area contributed by atoms with Gasteiger partial charge in [-0.15, -0.1) is 0 Å². The third-order valence-corrected chi connectivity index (χ3v) is 4.20. The van der Waals surface area contributed by atoms with Gasteiger partial charge in [-0.25, -0.2) is 0 Å². The number of benzene rings is 1. The van der Waals surface area contributed by atoms with Gasteiger partial charge in [0.05, 0.1) is 15.8 Å². The summed E-state index contributed by atoms with van der Waals surface area (Å²) in [5.74, 6) is 0.104. The van der Waals surface area contributed by atoms with Crippen molar-refractivity contribution in [2.24, 2.45) is 0 Å². The van der Waals surface area contributed by atoms with Gasteiger partial charge in [0.15, 0.2) is 5.76 Å². The first-order chi connectivity index (χ1) is 7.59. The molecule has 0 aliphatic carbocycles. The van der Waals surface area contributed by atoms with Gasteiger partial charge in [0.1, 0.15) is 0 Å². The van der Waals surface area contributed by atoms with E-state index in [1.807, 2.05) is 0 Å². The number of carbonyl (C=O) groups excluding carboxylic acids is 1. The number of furan rings is 1. The molecule has 0 aliphatic heterocycles. The smallest absolute Gasteiger partial charge is 0.229 e. The summed E-state index contributed by atoms with van der Waals surface area (Å²) in [5.41, 5.74) is 0.515. The highest BCUT2D eigenvalue weighted by molar-refractivity contribution is 14.1. The molecule has 16 heavy (non-hydrogen) atoms. The molecular weight excluding hydrogens is 406 g/mol. The van der Waals surface area contributed by atoms with Gasteiger partial charge in [0.25, 0.3) is 0 Å². The molecule has 0 aliphatic rings. The van der Waals surface area contributed by atoms with E-state index in [0.717, 1.165) is 3.57 Å². The largest absolute Gasteiger partial charge is 0.460 e. The normalized spacial score (nSPS) is 10.4. The van der Waals surface area contributed by atoms with Gasteiger partial charge in [0, 0.05) is 9.13 Å². The molecule has 0 saturated carbocycles. The quantitative estimate of drug-likeness (QED) is 0.537. The first-order valence-corrected chi connectivity index (χ1v) is 6.57. The van der Waals surface area contributed by atoms with Crippen LogP contribution in [0.25, 0.3) is 0 Å². The van der Waals surface area contributed by atoms with Crippen LogP contribution in [0.5, 0.6) is 0 Å². The second-order valence-electron chi connectivity index (χ2n) is 3.06. The molecule has 0 amide bonds. The van der Waals surface area contributed by atoms with E-state index in [-0.39, 0.29) is 11.5 Å². The number of hydrogen-bond donors (Lipinski definition) is 0. The van der Waals surface area contributed by atoms with Crippen LogP contribution in [-0.4, -0.2) is 5.78 Å². The number of carbonyl (C=O) groups is 1. The lowest BCUT2D eigenvalue weighted by atomic mass is 10.1. The minimum Gasteiger partial charge on any atom is -0.460 e. The molecule has 1 aromatic carbocycles. The molecule has 0 radical (unpaired) electrons. The molecular formula is C11H5BrClIO2. The first kappa shape index (κ1) is 12.1. The van der Waals surface area contributed by atoms with Crippen molar-refractivity contribution in [1.29, 1.82) is 0 Å². The van der Waals surface area contributed by atoms with Crippen molar-refractivity contribution in [3.63, 3.8) is 0 Å². The average Bonchev–Trinajstić information content (AvgIpc) is 2.67. The minimum absolute atomic E-state index is 0.185. The Kier molecular flexibility index (Phi) is 3.71. The van der Waals surface area contributed by atoms with Gasteiger partial charge in [0.2, 0.25) is 5.78 Å². The lowest BCUT2D eigenvalue weighted by molar-refractivity contribution is 0.101. The zero-order valence-electron chi connectivity index (χ0n) is 7.84. The fourth-order valence-electron chi connectivity index (χ4n) is 1.22. The maximum absolute atomic E-state index is 12.0. The second kappa shape index (κ2) is 4.89. The summed E-state index contributed by atoms with van der Waals surface area (Å²) in [4.78, 5) is 12.0. The first-order valence-electron chi connectivity index (χ1n) is 4.32. The molecule has 0 saturated heterocycles. The molecule has 2 rings (SSSR count). The Hall–Kier alpha value is -0.330. The van der Waals surface area contributed by atoms with Crippen molar-refractivity contribution in [3.8, 4) is 0 Å². The van der Waals surface area contributed by atoms with Crippen LogP contribution in [0.15, 0.2) is 39.4 Å². The summed E-state index contributed by atoms with van der Waals surface area (Å²) < 4.78 is 6.67. The van der Waals surface area contributed by atoms with E-state index in [1.54, 1.807) is 24.3 Å². The molecule has 2 aromatic rings. The number of hydrogen-bond acceptors (Lipinski definition) is 2. The zero-order valence-corrected chi connectivity index (χ0v) is 12.3. The summed E-state index contributed by atoms with van der Waals surface area (Å²) in [6.45, 7) is 0. The van der Waals surface area contributed by atoms with Crippen molar-refractivity contribution >= 4 is 55.9 Å². The number of halogens is 3. The van der Waals surface area contributed by atoms with Gasteiger partial charge in [-0.05, 0) is 62.8 Å². The Bertz CT molecular complexity index is 551. The molecule has 0 unspecified atom stereocenters. The third-order valence-electron chi connectivity index (χ3n) is 2.01. The van der Waals surface area contributed by atoms with Crippen LogP contribution >= 0.6 is 50.1 Å². The zero-order chi connectivity index (χ0) is 11.7. The summed E-state index contributed by atoms with van der Waals surface area (Å²) in [6, 6.07) is 6.85. The highest BCUT2D eigenvalue weighted by Crippen LogP contribution is 2.24. The maximum atomic E-state index is 12.0. The van der Waals surface area contributed by atoms with Gasteiger partial charge in [-0.2, -0.15) is 0 Å². The third kappa shape index (κ3) is 2.33. The molecule has 0 bridgehead atoms. The second-order valence-corrected chi connectivity index (χ2v) is 5.48. The van der Waals surface area contributed by atoms with E-state index in [1.165, 1.54) is 6.26 Å². The van der Waals surface area contributed by atoms with Crippen molar-refractivity contribution in [3.05, 3.63) is 54.9 Å². The Labute approximate surface area is 119 Å². The maximum Gasteiger partial charge on any atom is 0.229 e. The molecule has 1 aromatic heterocycles. The fourth-order valence-corrected chi connectivity index (χ4v) is 2.12. The molecule has 5 heteroatoms. The lowest BCUT2D eigenvalue weighted by Crippen LogP contribution is -2.00. The molecule has 2 nitrogen and oxygen atoms in total. The molecule has 0 spiro atoms. The van der Waals surface area contributed by atoms with E-state index in [9.17, 15) is 4.79 Å². The van der Waals surface area contributed by atoms with E-state index < -0.39 is 0 Å². The Balaban J connectivity index is 2.42. The molecule has 1 heterocycles. The van der Waals surface area contributed by atoms with Crippen LogP contribution in [0.4, 0.5) is 0 Å². The van der Waals surface area contributed by atoms with Crippen molar-refractivity contribution in [1.82, 2.24) is 0 Å². The van der Waals surface area contributed by atoms with Crippen molar-refractivity contribution in [2.45, 2.75) is 0 Å². The van der Waals surface area contributed by atoms with Gasteiger partial charge in [-0.1, -0.05) is 11.6 Å². The van der Waals surface area contributed by atoms with Crippen molar-refractivity contribution < 1.29 is 9.21 Å². The highest BCUT2D eigenvalue weighted by Gasteiger charge is 2.16. The van der Waals surface area contributed by atoms with Crippen LogP contribution in [0, 0.1) is 3.57 Å². The minimum atomic E-state index is -0.185. The van der Waals surface area contributed by atoms with Gasteiger partial charge < -0.3 is 4.42 Å². The summed E-state index contributed by atoms with van der Waals surface area (Å²) >= 11 is 11.3. The van der Waals surface area contributed by atoms with Crippen LogP contribution in [0.1, 0.15) is 16.1 Å². The fraction of sp³-hybridized carbons (Fsp3) is 0. The highest BCUT2D eigenvalue weighted by atomic mass is 127. The van der Waals surface area contributed by atoms with Crippen LogP contribution in [0.3, 0.4) is 0 Å². The topological polar surface area (TPSA) is 30.2 Å². The molecule has 0 N–H and O–H groups in total. The molecule has 0 atom stereocenters. The van der Waals surface area contributed by atoms with E-state index in [2.05, 4.69) is 38.5 Å². The molecule has 0 fully saturated rings. The average molecular weight is 411 g/mol. The van der Waals surface area contributed by atoms with E-state index in [4.69, 9.17) is 16.0 Å². The van der Waals surface area contributed by atoms with Crippen molar-refractivity contribution in [2.75, 3.05) is 0 Å². The Morgan fingerprint density at radius 2 is 2.12 bits per heavy atom. The summed E-state index contributed by atoms with van der Waals surface area (Å²) in [5, 5.41) is 0.564. The van der Waals surface area contributed by atoms with Gasteiger partial charge in [-0.3, -0.25) is 4.79 Å². The molecule has 82 valence electrons. The van der Waals surface area contributed by atoms with Crippen LogP contribution in [-0.2, 0) is 0 Å². The predicted molar refractivity (Wildman–Crippen MR) is 74.0 cm³/mol. The lowest BCUT2D eigenvalue weighted by Gasteiger charge is -2.01. The monoisotopic (exact) mass is 410 g/mol. The summed E-state index contributed by atoms with van der Waals surface area (Å²) in [6.07, 6.45) is 1.46. The standard InChI is InChI=1S/C11H5BrClIO2/c12-7-3-4-16-11(7)10(15)6-1-2-9(14)8(13)5-6/h1-5H. The van der Waals surface area contributed by atoms with E-state index >= 15 is 0 Å². The predicted octanol–water partition coefficient (Wildman–Crippen LogP) is 4.53. The van der Waals surface area contributed by atoms with Crippen LogP contribution in [0.2, 0.25) is 5.02 Å². The number of rotatable bonds is 2. The SMILES string of the molecule is O=C(c1ccc(I)c(Cl)c1)c1occc1Br. The Morgan fingerprint density at radius 3 is 2.69 bits per heavy atom. The summed E-state index contributed by atoms with van der Waals surface area (Å²) in [7, 11) is 0. The van der Waals surface area contributed by atoms with E-state index in [0.29, 0.717) is 15.1 Å². The number of ketones is 1. The van der Waals surface area contributed by atoms with Crippen LogP contribution < -0.4 is 0 Å².